The van der Waals surface area contributed by atoms with Crippen molar-refractivity contribution in [2.45, 2.75) is 45.8 Å². The molecule has 2 atom stereocenters. The summed E-state index contributed by atoms with van der Waals surface area (Å²) in [5.41, 5.74) is 2.23. The first-order valence-corrected chi connectivity index (χ1v) is 9.58. The Balaban J connectivity index is 1.62. The van der Waals surface area contributed by atoms with Crippen LogP contribution in [0.1, 0.15) is 43.1 Å². The van der Waals surface area contributed by atoms with E-state index in [1.54, 1.807) is 31.2 Å². The van der Waals surface area contributed by atoms with Crippen LogP contribution >= 0.6 is 0 Å². The van der Waals surface area contributed by atoms with Crippen LogP contribution in [0.3, 0.4) is 0 Å². The Morgan fingerprint density at radius 2 is 2.00 bits per heavy atom. The van der Waals surface area contributed by atoms with Crippen molar-refractivity contribution in [1.82, 2.24) is 5.32 Å². The van der Waals surface area contributed by atoms with E-state index in [9.17, 15) is 9.59 Å². The van der Waals surface area contributed by atoms with E-state index in [4.69, 9.17) is 9.47 Å². The normalized spacial score (nSPS) is 15.9. The first kappa shape index (κ1) is 19.7. The van der Waals surface area contributed by atoms with Crippen molar-refractivity contribution in [2.24, 2.45) is 0 Å². The molecule has 148 valence electrons. The molecular formula is C22H26N2O4. The molecule has 0 bridgehead atoms. The highest BCUT2D eigenvalue weighted by molar-refractivity contribution is 5.96. The molecule has 0 saturated heterocycles. The summed E-state index contributed by atoms with van der Waals surface area (Å²) in [5, 5.41) is 5.73. The molecule has 2 unspecified atom stereocenters. The van der Waals surface area contributed by atoms with Crippen molar-refractivity contribution in [3.05, 3.63) is 53.6 Å². The topological polar surface area (TPSA) is 76.7 Å². The molecule has 1 aliphatic heterocycles. The van der Waals surface area contributed by atoms with Crippen molar-refractivity contribution >= 4 is 17.5 Å². The lowest BCUT2D eigenvalue weighted by atomic mass is 10.1. The summed E-state index contributed by atoms with van der Waals surface area (Å²) >= 11 is 0. The SMILES string of the molecule is CCOc1cc2c(cc1NC(=O)CC(C)NC(=O)c1ccccc1)OC(C)C2. The average molecular weight is 382 g/mol. The molecule has 28 heavy (non-hydrogen) atoms. The summed E-state index contributed by atoms with van der Waals surface area (Å²) in [5.74, 6) is 1.01. The van der Waals surface area contributed by atoms with Gasteiger partial charge in [0.2, 0.25) is 5.91 Å². The average Bonchev–Trinajstić information content (AvgIpc) is 3.01. The lowest BCUT2D eigenvalue weighted by Crippen LogP contribution is -2.35. The largest absolute Gasteiger partial charge is 0.492 e. The quantitative estimate of drug-likeness (QED) is 0.768. The number of nitrogens with one attached hydrogen (secondary N) is 2. The maximum Gasteiger partial charge on any atom is 0.251 e. The summed E-state index contributed by atoms with van der Waals surface area (Å²) in [7, 11) is 0. The lowest BCUT2D eigenvalue weighted by Gasteiger charge is -2.16. The molecule has 2 aromatic carbocycles. The van der Waals surface area contributed by atoms with Gasteiger partial charge >= 0.3 is 0 Å². The van der Waals surface area contributed by atoms with E-state index in [1.165, 1.54) is 0 Å². The molecule has 0 aliphatic carbocycles. The number of amides is 2. The molecule has 0 fully saturated rings. The minimum atomic E-state index is -0.311. The molecule has 0 radical (unpaired) electrons. The Hall–Kier alpha value is -3.02. The van der Waals surface area contributed by atoms with Gasteiger partial charge in [-0.15, -0.1) is 0 Å². The smallest absolute Gasteiger partial charge is 0.251 e. The van der Waals surface area contributed by atoms with Crippen LogP contribution in [0, 0.1) is 0 Å². The zero-order chi connectivity index (χ0) is 20.1. The van der Waals surface area contributed by atoms with Crippen molar-refractivity contribution in [2.75, 3.05) is 11.9 Å². The number of fused-ring (bicyclic) bond motifs is 1. The fourth-order valence-electron chi connectivity index (χ4n) is 3.24. The van der Waals surface area contributed by atoms with E-state index in [-0.39, 0.29) is 30.4 Å². The van der Waals surface area contributed by atoms with Gasteiger partial charge in [0.1, 0.15) is 17.6 Å². The van der Waals surface area contributed by atoms with E-state index < -0.39 is 0 Å². The minimum absolute atomic E-state index is 0.114. The molecule has 3 rings (SSSR count). The summed E-state index contributed by atoms with van der Waals surface area (Å²) in [6.45, 7) is 6.22. The molecule has 0 spiro atoms. The monoisotopic (exact) mass is 382 g/mol. The summed E-state index contributed by atoms with van der Waals surface area (Å²) in [6, 6.07) is 12.4. The molecule has 6 nitrogen and oxygen atoms in total. The van der Waals surface area contributed by atoms with Crippen LogP contribution in [0.15, 0.2) is 42.5 Å². The highest BCUT2D eigenvalue weighted by Gasteiger charge is 2.23. The molecule has 1 heterocycles. The van der Waals surface area contributed by atoms with Crippen LogP contribution in [-0.2, 0) is 11.2 Å². The number of hydrogen-bond donors (Lipinski definition) is 2. The van der Waals surface area contributed by atoms with Crippen LogP contribution in [-0.4, -0.2) is 30.6 Å². The van der Waals surface area contributed by atoms with Gasteiger partial charge in [0.25, 0.3) is 5.91 Å². The highest BCUT2D eigenvalue weighted by Crippen LogP contribution is 2.38. The van der Waals surface area contributed by atoms with Crippen LogP contribution in [0.4, 0.5) is 5.69 Å². The van der Waals surface area contributed by atoms with Gasteiger partial charge in [-0.2, -0.15) is 0 Å². The first-order valence-electron chi connectivity index (χ1n) is 9.58. The van der Waals surface area contributed by atoms with Gasteiger partial charge in [0, 0.05) is 36.1 Å². The number of anilines is 1. The highest BCUT2D eigenvalue weighted by atomic mass is 16.5. The third-order valence-corrected chi connectivity index (χ3v) is 4.48. The van der Waals surface area contributed by atoms with E-state index in [0.717, 1.165) is 17.7 Å². The van der Waals surface area contributed by atoms with Crippen LogP contribution in [0.25, 0.3) is 0 Å². The van der Waals surface area contributed by atoms with Gasteiger partial charge < -0.3 is 20.1 Å². The predicted octanol–water partition coefficient (Wildman–Crippen LogP) is 3.56. The minimum Gasteiger partial charge on any atom is -0.492 e. The molecule has 0 saturated carbocycles. The Labute approximate surface area is 165 Å². The zero-order valence-corrected chi connectivity index (χ0v) is 16.5. The third-order valence-electron chi connectivity index (χ3n) is 4.48. The second-order valence-corrected chi connectivity index (χ2v) is 7.01. The molecular weight excluding hydrogens is 356 g/mol. The molecule has 1 aliphatic rings. The Morgan fingerprint density at radius 1 is 1.25 bits per heavy atom. The fraction of sp³-hybridized carbons (Fsp3) is 0.364. The summed E-state index contributed by atoms with van der Waals surface area (Å²) in [6.07, 6.45) is 1.09. The molecule has 0 aromatic heterocycles. The first-order chi connectivity index (χ1) is 13.5. The molecule has 2 amide bonds. The van der Waals surface area contributed by atoms with Crippen molar-refractivity contribution in [1.29, 1.82) is 0 Å². The van der Waals surface area contributed by atoms with E-state index in [1.807, 2.05) is 32.0 Å². The second-order valence-electron chi connectivity index (χ2n) is 7.01. The van der Waals surface area contributed by atoms with Crippen molar-refractivity contribution in [3.63, 3.8) is 0 Å². The van der Waals surface area contributed by atoms with E-state index in [2.05, 4.69) is 10.6 Å². The number of carbonyl (C=O) groups excluding carboxylic acids is 2. The maximum absolute atomic E-state index is 12.5. The number of ether oxygens (including phenoxy) is 2. The van der Waals surface area contributed by atoms with Crippen LogP contribution in [0.2, 0.25) is 0 Å². The number of benzene rings is 2. The molecule has 2 N–H and O–H groups in total. The molecule has 2 aromatic rings. The number of carbonyl (C=O) groups is 2. The van der Waals surface area contributed by atoms with E-state index >= 15 is 0 Å². The molecule has 6 heteroatoms. The van der Waals surface area contributed by atoms with Crippen molar-refractivity contribution < 1.29 is 19.1 Å². The van der Waals surface area contributed by atoms with Gasteiger partial charge in [0.15, 0.2) is 0 Å². The van der Waals surface area contributed by atoms with Gasteiger partial charge in [-0.05, 0) is 39.0 Å². The van der Waals surface area contributed by atoms with Crippen LogP contribution in [0.5, 0.6) is 11.5 Å². The Morgan fingerprint density at radius 3 is 2.71 bits per heavy atom. The van der Waals surface area contributed by atoms with Gasteiger partial charge in [-0.3, -0.25) is 9.59 Å². The van der Waals surface area contributed by atoms with Gasteiger partial charge in [-0.1, -0.05) is 18.2 Å². The Bertz CT molecular complexity index is 851. The summed E-state index contributed by atoms with van der Waals surface area (Å²) < 4.78 is 11.5. The van der Waals surface area contributed by atoms with Gasteiger partial charge in [0.05, 0.1) is 12.3 Å². The van der Waals surface area contributed by atoms with Crippen LogP contribution < -0.4 is 20.1 Å². The lowest BCUT2D eigenvalue weighted by molar-refractivity contribution is -0.116. The second kappa shape index (κ2) is 8.78. The van der Waals surface area contributed by atoms with Crippen molar-refractivity contribution in [3.8, 4) is 11.5 Å². The van der Waals surface area contributed by atoms with E-state index in [0.29, 0.717) is 23.6 Å². The third kappa shape index (κ3) is 4.82. The fourth-order valence-corrected chi connectivity index (χ4v) is 3.24. The number of hydrogen-bond acceptors (Lipinski definition) is 4. The maximum atomic E-state index is 12.5. The standard InChI is InChI=1S/C22H26N2O4/c1-4-27-20-12-17-11-15(3)28-19(17)13-18(20)24-21(25)10-14(2)23-22(26)16-8-6-5-7-9-16/h5-9,12-15H,4,10-11H2,1-3H3,(H,23,26)(H,24,25). The zero-order valence-electron chi connectivity index (χ0n) is 16.5. The Kier molecular flexibility index (Phi) is 6.19. The predicted molar refractivity (Wildman–Crippen MR) is 108 cm³/mol. The van der Waals surface area contributed by atoms with Gasteiger partial charge in [-0.25, -0.2) is 0 Å². The summed E-state index contributed by atoms with van der Waals surface area (Å²) in [4.78, 5) is 24.7. The number of rotatable bonds is 7.